The zero-order valence-electron chi connectivity index (χ0n) is 14.3. The van der Waals surface area contributed by atoms with Crippen molar-refractivity contribution in [2.75, 3.05) is 13.1 Å². The quantitative estimate of drug-likeness (QED) is 0.525. The molecule has 0 amide bonds. The van der Waals surface area contributed by atoms with Crippen LogP contribution in [0.3, 0.4) is 0 Å². The van der Waals surface area contributed by atoms with E-state index in [2.05, 4.69) is 20.4 Å². The number of nitrogens with zero attached hydrogens (tertiary/aromatic N) is 5. The van der Waals surface area contributed by atoms with Crippen LogP contribution in [0.2, 0.25) is 0 Å². The van der Waals surface area contributed by atoms with Crippen LogP contribution in [0.15, 0.2) is 66.9 Å². The average molecular weight is 345 g/mol. The fourth-order valence-electron chi connectivity index (χ4n) is 3.11. The van der Waals surface area contributed by atoms with Crippen LogP contribution in [0, 0.1) is 0 Å². The molecule has 1 aliphatic heterocycles. The highest BCUT2D eigenvalue weighted by molar-refractivity contribution is 6.28. The molecule has 130 valence electrons. The number of ketones is 1. The lowest BCUT2D eigenvalue weighted by Crippen LogP contribution is -2.17. The summed E-state index contributed by atoms with van der Waals surface area (Å²) in [7, 11) is 0. The molecule has 0 unspecified atom stereocenters. The van der Waals surface area contributed by atoms with Gasteiger partial charge in [-0.25, -0.2) is 0 Å². The summed E-state index contributed by atoms with van der Waals surface area (Å²) in [5.74, 6) is 0.376. The molecule has 1 aromatic heterocycles. The number of likely N-dealkylation sites (tertiary alicyclic amines) is 1. The monoisotopic (exact) mass is 345 g/mol. The third kappa shape index (κ3) is 3.26. The molecule has 4 rings (SSSR count). The number of Topliss-reactive ketones (excluding diaryl/α,β-unsaturated/α-hetero) is 1. The Hall–Kier alpha value is -3.28. The van der Waals surface area contributed by atoms with Crippen LogP contribution < -0.4 is 0 Å². The maximum atomic E-state index is 13.2. The second-order valence-corrected chi connectivity index (χ2v) is 6.23. The Morgan fingerprint density at radius 1 is 0.923 bits per heavy atom. The summed E-state index contributed by atoms with van der Waals surface area (Å²) >= 11 is 0. The van der Waals surface area contributed by atoms with Gasteiger partial charge in [0.05, 0.1) is 11.3 Å². The summed E-state index contributed by atoms with van der Waals surface area (Å²) < 4.78 is 1.61. The number of tetrazole rings is 1. The minimum absolute atomic E-state index is 0.0792. The highest BCUT2D eigenvalue weighted by Crippen LogP contribution is 2.22. The molecule has 0 saturated carbocycles. The van der Waals surface area contributed by atoms with Crippen molar-refractivity contribution in [2.45, 2.75) is 12.8 Å². The van der Waals surface area contributed by atoms with Crippen molar-refractivity contribution in [3.05, 3.63) is 78.3 Å². The number of aromatic nitrogens is 4. The van der Waals surface area contributed by atoms with E-state index in [9.17, 15) is 4.79 Å². The number of rotatable bonds is 5. The van der Waals surface area contributed by atoms with Gasteiger partial charge >= 0.3 is 0 Å². The van der Waals surface area contributed by atoms with Gasteiger partial charge in [0.25, 0.3) is 0 Å². The van der Waals surface area contributed by atoms with E-state index in [-0.39, 0.29) is 5.78 Å². The summed E-state index contributed by atoms with van der Waals surface area (Å²) in [4.78, 5) is 15.4. The maximum Gasteiger partial charge on any atom is 0.198 e. The van der Waals surface area contributed by atoms with Crippen LogP contribution in [-0.2, 0) is 0 Å². The number of hydrogen-bond donors (Lipinski definition) is 0. The van der Waals surface area contributed by atoms with E-state index in [1.807, 2.05) is 66.9 Å². The van der Waals surface area contributed by atoms with Gasteiger partial charge in [0.1, 0.15) is 0 Å². The normalized spacial score (nSPS) is 14.6. The third-order valence-electron chi connectivity index (χ3n) is 4.44. The van der Waals surface area contributed by atoms with Gasteiger partial charge in [0.15, 0.2) is 11.6 Å². The molecule has 2 aromatic carbocycles. The molecule has 0 bridgehead atoms. The van der Waals surface area contributed by atoms with E-state index in [1.54, 1.807) is 4.68 Å². The number of carbonyl (C=O) groups is 1. The Morgan fingerprint density at radius 2 is 1.58 bits per heavy atom. The molecule has 6 nitrogen and oxygen atoms in total. The molecule has 1 fully saturated rings. The first-order chi connectivity index (χ1) is 12.8. The van der Waals surface area contributed by atoms with Gasteiger partial charge in [-0.05, 0) is 35.4 Å². The topological polar surface area (TPSA) is 63.9 Å². The Labute approximate surface area is 151 Å². The van der Waals surface area contributed by atoms with Crippen molar-refractivity contribution in [1.29, 1.82) is 0 Å². The number of para-hydroxylation sites is 1. The summed E-state index contributed by atoms with van der Waals surface area (Å²) in [6, 6.07) is 18.9. The second kappa shape index (κ2) is 7.31. The summed E-state index contributed by atoms with van der Waals surface area (Å²) in [6.07, 6.45) is 4.17. The van der Waals surface area contributed by atoms with Crippen molar-refractivity contribution >= 4 is 11.4 Å². The van der Waals surface area contributed by atoms with Crippen LogP contribution in [0.25, 0.3) is 11.3 Å². The molecular weight excluding hydrogens is 326 g/mol. The van der Waals surface area contributed by atoms with Gasteiger partial charge in [0, 0.05) is 24.9 Å². The number of benzene rings is 2. The smallest absolute Gasteiger partial charge is 0.198 e. The lowest BCUT2D eigenvalue weighted by Gasteiger charge is -2.15. The van der Waals surface area contributed by atoms with E-state index in [4.69, 9.17) is 0 Å². The molecule has 0 atom stereocenters. The first-order valence-electron chi connectivity index (χ1n) is 8.73. The Balaban J connectivity index is 1.80. The van der Waals surface area contributed by atoms with Crippen LogP contribution in [0.1, 0.15) is 29.0 Å². The molecular formula is C20H19N5O. The minimum Gasteiger partial charge on any atom is -0.377 e. The van der Waals surface area contributed by atoms with Crippen LogP contribution >= 0.6 is 0 Å². The van der Waals surface area contributed by atoms with Crippen molar-refractivity contribution in [2.24, 2.45) is 0 Å². The predicted molar refractivity (Wildman–Crippen MR) is 98.7 cm³/mol. The highest BCUT2D eigenvalue weighted by Gasteiger charge is 2.23. The van der Waals surface area contributed by atoms with Crippen LogP contribution in [0.4, 0.5) is 0 Å². The zero-order chi connectivity index (χ0) is 17.8. The lowest BCUT2D eigenvalue weighted by atomic mass is 10.0. The van der Waals surface area contributed by atoms with Crippen molar-refractivity contribution in [3.8, 4) is 5.69 Å². The van der Waals surface area contributed by atoms with E-state index >= 15 is 0 Å². The Kier molecular flexibility index (Phi) is 4.55. The van der Waals surface area contributed by atoms with Crippen molar-refractivity contribution < 1.29 is 4.79 Å². The molecule has 1 aliphatic rings. The average Bonchev–Trinajstić information content (AvgIpc) is 3.39. The van der Waals surface area contributed by atoms with Crippen molar-refractivity contribution in [3.63, 3.8) is 0 Å². The lowest BCUT2D eigenvalue weighted by molar-refractivity contribution is 0.105. The van der Waals surface area contributed by atoms with Gasteiger partial charge in [-0.15, -0.1) is 5.10 Å². The predicted octanol–water partition coefficient (Wildman–Crippen LogP) is 2.98. The Morgan fingerprint density at radius 3 is 2.27 bits per heavy atom. The Bertz CT molecular complexity index is 912. The van der Waals surface area contributed by atoms with Crippen LogP contribution in [-0.4, -0.2) is 44.0 Å². The third-order valence-corrected chi connectivity index (χ3v) is 4.44. The number of carbonyl (C=O) groups excluding carboxylic acids is 1. The fourth-order valence-corrected chi connectivity index (χ4v) is 3.11. The second-order valence-electron chi connectivity index (χ2n) is 6.23. The molecule has 1 saturated heterocycles. The molecule has 26 heavy (non-hydrogen) atoms. The molecule has 2 heterocycles. The molecule has 0 radical (unpaired) electrons. The maximum absolute atomic E-state index is 13.2. The SMILES string of the molecule is O=C(C(=CN1CCCC1)c1nnnn1-c1ccccc1)c1ccccc1. The molecule has 3 aromatic rings. The van der Waals surface area contributed by atoms with E-state index < -0.39 is 0 Å². The zero-order valence-corrected chi connectivity index (χ0v) is 14.3. The van der Waals surface area contributed by atoms with E-state index in [0.29, 0.717) is 17.0 Å². The summed E-state index contributed by atoms with van der Waals surface area (Å²) in [6.45, 7) is 1.89. The highest BCUT2D eigenvalue weighted by atomic mass is 16.1. The first kappa shape index (κ1) is 16.2. The molecule has 0 aliphatic carbocycles. The van der Waals surface area contributed by atoms with Gasteiger partial charge < -0.3 is 4.90 Å². The largest absolute Gasteiger partial charge is 0.377 e. The van der Waals surface area contributed by atoms with Gasteiger partial charge in [-0.3, -0.25) is 4.79 Å². The molecule has 0 N–H and O–H groups in total. The number of allylic oxidation sites excluding steroid dienone is 1. The molecule has 6 heteroatoms. The van der Waals surface area contributed by atoms with Crippen LogP contribution in [0.5, 0.6) is 0 Å². The molecule has 0 spiro atoms. The van der Waals surface area contributed by atoms with Gasteiger partial charge in [0.2, 0.25) is 0 Å². The van der Waals surface area contributed by atoms with E-state index in [0.717, 1.165) is 31.6 Å². The summed E-state index contributed by atoms with van der Waals surface area (Å²) in [5.41, 5.74) is 1.95. The van der Waals surface area contributed by atoms with Gasteiger partial charge in [-0.1, -0.05) is 48.5 Å². The summed E-state index contributed by atoms with van der Waals surface area (Å²) in [5, 5.41) is 12.1. The minimum atomic E-state index is -0.0792. The first-order valence-corrected chi connectivity index (χ1v) is 8.73. The standard InChI is InChI=1S/C20H19N5O/c26-19(16-9-3-1-4-10-16)18(15-24-13-7-8-14-24)20-21-22-23-25(20)17-11-5-2-6-12-17/h1-6,9-12,15H,7-8,13-14H2. The van der Waals surface area contributed by atoms with Crippen molar-refractivity contribution in [1.82, 2.24) is 25.1 Å². The van der Waals surface area contributed by atoms with Gasteiger partial charge in [-0.2, -0.15) is 4.68 Å². The number of hydrogen-bond acceptors (Lipinski definition) is 5. The fraction of sp³-hybridized carbons (Fsp3) is 0.200. The van der Waals surface area contributed by atoms with E-state index in [1.165, 1.54) is 0 Å².